The van der Waals surface area contributed by atoms with Crippen molar-refractivity contribution < 1.29 is 23.4 Å². The van der Waals surface area contributed by atoms with Crippen LogP contribution in [0.5, 0.6) is 0 Å². The second kappa shape index (κ2) is 4.11. The zero-order valence-corrected chi connectivity index (χ0v) is 11.2. The van der Waals surface area contributed by atoms with Crippen molar-refractivity contribution in [3.63, 3.8) is 0 Å². The SMILES string of the molecule is CC1(C)OCc2c(F)c(F)cc3c(=O)c(C(=O)O)cn1c23. The fourth-order valence-electron chi connectivity index (χ4n) is 2.54. The Kier molecular flexibility index (Phi) is 2.68. The molecule has 2 aromatic rings. The average Bonchev–Trinajstić information content (AvgIpc) is 2.39. The molecule has 110 valence electrons. The lowest BCUT2D eigenvalue weighted by molar-refractivity contribution is -0.0949. The maximum atomic E-state index is 13.9. The highest BCUT2D eigenvalue weighted by atomic mass is 19.2. The van der Waals surface area contributed by atoms with Crippen LogP contribution in [0.15, 0.2) is 17.1 Å². The van der Waals surface area contributed by atoms with Crippen LogP contribution in [0.3, 0.4) is 0 Å². The van der Waals surface area contributed by atoms with Crippen LogP contribution in [0.4, 0.5) is 8.78 Å². The number of carbonyl (C=O) groups is 1. The van der Waals surface area contributed by atoms with E-state index in [0.29, 0.717) is 0 Å². The van der Waals surface area contributed by atoms with Gasteiger partial charge in [0.25, 0.3) is 0 Å². The molecular formula is C14H11F2NO4. The number of aromatic carboxylic acids is 1. The standard InChI is InChI=1S/C14H11F2NO4/c1-14(2)17-4-7(13(19)20)12(18)6-3-9(15)10(16)8(5-21-14)11(6)17/h3-4H,5H2,1-2H3,(H,19,20). The first-order chi connectivity index (χ1) is 9.74. The molecular weight excluding hydrogens is 284 g/mol. The van der Waals surface area contributed by atoms with Gasteiger partial charge in [-0.05, 0) is 19.9 Å². The lowest BCUT2D eigenvalue weighted by Gasteiger charge is -2.35. The van der Waals surface area contributed by atoms with Crippen LogP contribution in [0.2, 0.25) is 0 Å². The fraction of sp³-hybridized carbons (Fsp3) is 0.286. The Hall–Kier alpha value is -2.28. The summed E-state index contributed by atoms with van der Waals surface area (Å²) >= 11 is 0. The first kappa shape index (κ1) is 13.7. The van der Waals surface area contributed by atoms with Gasteiger partial charge in [-0.25, -0.2) is 13.6 Å². The summed E-state index contributed by atoms with van der Waals surface area (Å²) in [6, 6.07) is 0.737. The minimum Gasteiger partial charge on any atom is -0.477 e. The lowest BCUT2D eigenvalue weighted by atomic mass is 10.0. The molecule has 1 aliphatic heterocycles. The van der Waals surface area contributed by atoms with Crippen LogP contribution in [0.1, 0.15) is 29.8 Å². The van der Waals surface area contributed by atoms with E-state index in [4.69, 9.17) is 9.84 Å². The Bertz CT molecular complexity index is 854. The quantitative estimate of drug-likeness (QED) is 0.875. The number of carboxylic acid groups (broad SMARTS) is 1. The number of nitrogens with zero attached hydrogens (tertiary/aromatic N) is 1. The van der Waals surface area contributed by atoms with Crippen molar-refractivity contribution in [2.45, 2.75) is 26.2 Å². The van der Waals surface area contributed by atoms with Gasteiger partial charge in [-0.3, -0.25) is 4.79 Å². The molecule has 0 unspecified atom stereocenters. The molecule has 1 aromatic carbocycles. The summed E-state index contributed by atoms with van der Waals surface area (Å²) in [5.74, 6) is -3.72. The minimum atomic E-state index is -1.43. The van der Waals surface area contributed by atoms with Crippen molar-refractivity contribution in [3.05, 3.63) is 45.2 Å². The second-order valence-corrected chi connectivity index (χ2v) is 5.33. The molecule has 0 radical (unpaired) electrons. The molecule has 5 nitrogen and oxygen atoms in total. The van der Waals surface area contributed by atoms with E-state index >= 15 is 0 Å². The first-order valence-electron chi connectivity index (χ1n) is 6.18. The molecule has 2 heterocycles. The van der Waals surface area contributed by atoms with E-state index in [-0.39, 0.29) is 23.1 Å². The van der Waals surface area contributed by atoms with E-state index in [9.17, 15) is 18.4 Å². The Morgan fingerprint density at radius 3 is 2.71 bits per heavy atom. The number of pyridine rings is 1. The molecule has 7 heteroatoms. The predicted molar refractivity (Wildman–Crippen MR) is 69.2 cm³/mol. The second-order valence-electron chi connectivity index (χ2n) is 5.33. The third-order valence-electron chi connectivity index (χ3n) is 3.66. The molecule has 0 saturated heterocycles. The maximum absolute atomic E-state index is 13.9. The number of ether oxygens (including phenoxy) is 1. The van der Waals surface area contributed by atoms with Crippen molar-refractivity contribution in [1.29, 1.82) is 0 Å². The van der Waals surface area contributed by atoms with Crippen LogP contribution in [-0.4, -0.2) is 15.6 Å². The summed E-state index contributed by atoms with van der Waals surface area (Å²) in [6.45, 7) is 3.10. The third-order valence-corrected chi connectivity index (χ3v) is 3.66. The number of carboxylic acids is 1. The molecule has 0 saturated carbocycles. The molecule has 0 atom stereocenters. The molecule has 3 rings (SSSR count). The molecule has 1 aromatic heterocycles. The van der Waals surface area contributed by atoms with Crippen molar-refractivity contribution in [2.24, 2.45) is 0 Å². The van der Waals surface area contributed by atoms with E-state index < -0.39 is 34.3 Å². The third kappa shape index (κ3) is 1.77. The van der Waals surface area contributed by atoms with E-state index in [1.807, 2.05) is 0 Å². The predicted octanol–water partition coefficient (Wildman–Crippen LogP) is 2.20. The topological polar surface area (TPSA) is 68.5 Å². The Balaban J connectivity index is 2.60. The molecule has 0 bridgehead atoms. The Morgan fingerprint density at radius 2 is 2.10 bits per heavy atom. The molecule has 0 aliphatic carbocycles. The van der Waals surface area contributed by atoms with Crippen LogP contribution < -0.4 is 5.43 Å². The number of hydrogen-bond acceptors (Lipinski definition) is 3. The van der Waals surface area contributed by atoms with Crippen LogP contribution in [0.25, 0.3) is 10.9 Å². The van der Waals surface area contributed by atoms with E-state index in [1.54, 1.807) is 13.8 Å². The van der Waals surface area contributed by atoms with Crippen molar-refractivity contribution in [1.82, 2.24) is 4.57 Å². The van der Waals surface area contributed by atoms with Gasteiger partial charge in [-0.1, -0.05) is 0 Å². The number of aromatic nitrogens is 1. The minimum absolute atomic E-state index is 0.0848. The van der Waals surface area contributed by atoms with Crippen molar-refractivity contribution in [2.75, 3.05) is 0 Å². The largest absolute Gasteiger partial charge is 0.477 e. The monoisotopic (exact) mass is 295 g/mol. The normalized spacial score (nSPS) is 16.2. The summed E-state index contributed by atoms with van der Waals surface area (Å²) in [5, 5.41) is 8.94. The number of halogens is 2. The van der Waals surface area contributed by atoms with Crippen LogP contribution in [-0.2, 0) is 17.1 Å². The number of hydrogen-bond donors (Lipinski definition) is 1. The molecule has 1 N–H and O–H groups in total. The van der Waals surface area contributed by atoms with E-state index in [0.717, 1.165) is 12.3 Å². The average molecular weight is 295 g/mol. The highest BCUT2D eigenvalue weighted by Gasteiger charge is 2.33. The van der Waals surface area contributed by atoms with Crippen molar-refractivity contribution in [3.8, 4) is 0 Å². The summed E-state index contributed by atoms with van der Waals surface area (Å²) in [5.41, 5.74) is -2.25. The van der Waals surface area contributed by atoms with Gasteiger partial charge in [0.1, 0.15) is 11.3 Å². The zero-order chi connectivity index (χ0) is 15.5. The summed E-state index contributed by atoms with van der Waals surface area (Å²) in [4.78, 5) is 23.3. The van der Waals surface area contributed by atoms with Crippen molar-refractivity contribution >= 4 is 16.9 Å². The van der Waals surface area contributed by atoms with E-state index in [1.165, 1.54) is 4.57 Å². The lowest BCUT2D eigenvalue weighted by Crippen LogP contribution is -2.36. The van der Waals surface area contributed by atoms with Gasteiger partial charge in [-0.15, -0.1) is 0 Å². The molecule has 0 spiro atoms. The first-order valence-corrected chi connectivity index (χ1v) is 6.18. The zero-order valence-electron chi connectivity index (χ0n) is 11.2. The molecule has 0 amide bonds. The van der Waals surface area contributed by atoms with Crippen LogP contribution >= 0.6 is 0 Å². The molecule has 1 aliphatic rings. The van der Waals surface area contributed by atoms with Gasteiger partial charge >= 0.3 is 5.97 Å². The van der Waals surface area contributed by atoms with Gasteiger partial charge in [0.15, 0.2) is 11.6 Å². The molecule has 0 fully saturated rings. The Labute approximate surface area is 117 Å². The summed E-state index contributed by atoms with van der Waals surface area (Å²) < 4.78 is 34.3. The number of benzene rings is 1. The smallest absolute Gasteiger partial charge is 0.341 e. The van der Waals surface area contributed by atoms with Gasteiger partial charge in [0.2, 0.25) is 5.43 Å². The Morgan fingerprint density at radius 1 is 1.43 bits per heavy atom. The highest BCUT2D eigenvalue weighted by Crippen LogP contribution is 2.34. The van der Waals surface area contributed by atoms with Gasteiger partial charge in [-0.2, -0.15) is 0 Å². The van der Waals surface area contributed by atoms with Gasteiger partial charge < -0.3 is 14.4 Å². The fourth-order valence-corrected chi connectivity index (χ4v) is 2.54. The van der Waals surface area contributed by atoms with E-state index in [2.05, 4.69) is 0 Å². The summed E-state index contributed by atoms with van der Waals surface area (Å²) in [7, 11) is 0. The van der Waals surface area contributed by atoms with Gasteiger partial charge in [0.05, 0.1) is 17.5 Å². The summed E-state index contributed by atoms with van der Waals surface area (Å²) in [6.07, 6.45) is 1.10. The highest BCUT2D eigenvalue weighted by molar-refractivity contribution is 5.93. The maximum Gasteiger partial charge on any atom is 0.341 e. The number of rotatable bonds is 1. The van der Waals surface area contributed by atoms with Gasteiger partial charge in [0, 0.05) is 11.8 Å². The molecule has 21 heavy (non-hydrogen) atoms. The van der Waals surface area contributed by atoms with Crippen LogP contribution in [0, 0.1) is 11.6 Å².